The third kappa shape index (κ3) is 8.27. The van der Waals surface area contributed by atoms with Crippen LogP contribution in [-0.2, 0) is 6.54 Å². The van der Waals surface area contributed by atoms with Crippen molar-refractivity contribution in [2.75, 3.05) is 13.1 Å². The molecule has 3 heterocycles. The van der Waals surface area contributed by atoms with Crippen LogP contribution in [0.15, 0.2) is 97.1 Å². The first-order chi connectivity index (χ1) is 32.6. The number of hydrogen-bond donors (Lipinski definition) is 0. The number of unbranched alkanes of at least 4 members (excludes halogenated alkanes) is 3. The molecule has 1 aromatic heterocycles. The normalized spacial score (nSPS) is 15.2. The molecule has 9 rings (SSSR count). The Kier molecular flexibility index (Phi) is 13.5. The molecule has 0 radical (unpaired) electrons. The second kappa shape index (κ2) is 19.6. The van der Waals surface area contributed by atoms with Gasteiger partial charge < -0.3 is 4.57 Å². The largest absolute Gasteiger partial charge is 0.340 e. The van der Waals surface area contributed by atoms with E-state index in [0.717, 1.165) is 132 Å². The molecule has 3 atom stereocenters. The summed E-state index contributed by atoms with van der Waals surface area (Å²) in [4.78, 5) is 59.6. The summed E-state index contributed by atoms with van der Waals surface area (Å²) in [5, 5.41) is 5.67. The molecule has 7 aromatic rings. The van der Waals surface area contributed by atoms with Crippen LogP contribution in [0.25, 0.3) is 65.6 Å². The number of benzene rings is 6. The number of rotatable bonds is 20. The molecule has 0 bridgehead atoms. The van der Waals surface area contributed by atoms with E-state index in [9.17, 15) is 19.2 Å². The van der Waals surface area contributed by atoms with Crippen molar-refractivity contribution in [3.8, 4) is 22.3 Å². The van der Waals surface area contributed by atoms with E-state index < -0.39 is 0 Å². The average Bonchev–Trinajstić information content (AvgIpc) is 3.66. The van der Waals surface area contributed by atoms with Crippen LogP contribution < -0.4 is 0 Å². The second-order valence-electron chi connectivity index (χ2n) is 19.5. The Morgan fingerprint density at radius 2 is 0.746 bits per heavy atom. The maximum atomic E-state index is 14.2. The minimum atomic E-state index is -0.196. The molecule has 0 spiro atoms. The zero-order chi connectivity index (χ0) is 46.9. The molecule has 6 aromatic carbocycles. The summed E-state index contributed by atoms with van der Waals surface area (Å²) >= 11 is 0. The predicted octanol–water partition coefficient (Wildman–Crippen LogP) is 15.3. The van der Waals surface area contributed by atoms with Gasteiger partial charge >= 0.3 is 0 Å². The Balaban J connectivity index is 1.14. The van der Waals surface area contributed by atoms with Crippen LogP contribution in [0, 0.1) is 17.8 Å². The molecule has 0 saturated heterocycles. The van der Waals surface area contributed by atoms with Gasteiger partial charge in [0.15, 0.2) is 0 Å². The van der Waals surface area contributed by atoms with Gasteiger partial charge in [-0.25, -0.2) is 0 Å². The number of aromatic nitrogens is 1. The van der Waals surface area contributed by atoms with Crippen LogP contribution in [0.2, 0.25) is 0 Å². The number of fused-ring (bicyclic) bond motifs is 3. The van der Waals surface area contributed by atoms with E-state index in [1.54, 1.807) is 0 Å². The Morgan fingerprint density at radius 1 is 0.388 bits per heavy atom. The minimum Gasteiger partial charge on any atom is -0.340 e. The number of imide groups is 2. The summed E-state index contributed by atoms with van der Waals surface area (Å²) in [6.45, 7) is 15.0. The maximum Gasteiger partial charge on any atom is 0.261 e. The lowest BCUT2D eigenvalue weighted by molar-refractivity contribution is 0.0565. The third-order valence-electron chi connectivity index (χ3n) is 15.4. The van der Waals surface area contributed by atoms with E-state index in [1.807, 2.05) is 36.4 Å². The summed E-state index contributed by atoms with van der Waals surface area (Å²) in [5.41, 5.74) is 8.76. The SMILES string of the molecule is CCCCC(CC)CN1C(=O)c2cccc3c(-c4ccc5c6ccc(-c7ccc8c9c(cccc79)C(=O)N(CC(CC)CCCC)C8=O)cc6n(CC(CC)CCCC)c5c4)ccc(c23)C1=O. The molecule has 0 aliphatic carbocycles. The molecule has 2 aliphatic heterocycles. The van der Waals surface area contributed by atoms with Gasteiger partial charge in [-0.15, -0.1) is 0 Å². The zero-order valence-corrected chi connectivity index (χ0v) is 40.6. The smallest absolute Gasteiger partial charge is 0.261 e. The van der Waals surface area contributed by atoms with Crippen LogP contribution in [0.1, 0.15) is 160 Å². The van der Waals surface area contributed by atoms with Gasteiger partial charge in [-0.05, 0) is 106 Å². The van der Waals surface area contributed by atoms with E-state index in [1.165, 1.54) is 27.0 Å². The van der Waals surface area contributed by atoms with Crippen molar-refractivity contribution in [3.05, 3.63) is 119 Å². The molecule has 7 heteroatoms. The Hall–Kier alpha value is -6.08. The summed E-state index contributed by atoms with van der Waals surface area (Å²) < 4.78 is 2.51. The molecule has 0 saturated carbocycles. The van der Waals surface area contributed by atoms with E-state index >= 15 is 0 Å². The number of hydrogen-bond acceptors (Lipinski definition) is 4. The summed E-state index contributed by atoms with van der Waals surface area (Å²) in [6.07, 6.45) is 12.8. The average molecular weight is 894 g/mol. The van der Waals surface area contributed by atoms with Crippen molar-refractivity contribution in [3.63, 3.8) is 0 Å². The molecule has 0 N–H and O–H groups in total. The van der Waals surface area contributed by atoms with Crippen molar-refractivity contribution < 1.29 is 19.2 Å². The second-order valence-corrected chi connectivity index (χ2v) is 19.5. The first kappa shape index (κ1) is 46.0. The summed E-state index contributed by atoms with van der Waals surface area (Å²) in [6, 6.07) is 33.3. The number of nitrogens with zero attached hydrogens (tertiary/aromatic N) is 3. The first-order valence-electron chi connectivity index (χ1n) is 25.6. The fourth-order valence-corrected chi connectivity index (χ4v) is 11.3. The summed E-state index contributed by atoms with van der Waals surface area (Å²) in [5.74, 6) is 0.264. The molecular formula is C60H67N3O4. The van der Waals surface area contributed by atoms with Crippen LogP contribution >= 0.6 is 0 Å². The highest BCUT2D eigenvalue weighted by Crippen LogP contribution is 2.42. The van der Waals surface area contributed by atoms with Gasteiger partial charge in [0.2, 0.25) is 0 Å². The molecule has 67 heavy (non-hydrogen) atoms. The van der Waals surface area contributed by atoms with Gasteiger partial charge in [0.1, 0.15) is 0 Å². The standard InChI is InChI=1S/C60H67N3O4/c1-7-13-18-38(10-4)35-61-53-33-41(43-29-31-51-55-47(43)21-16-23-49(55)57(64)62(59(51)66)36-39(11-5)19-14-8-2)25-27-45(53)46-28-26-42(34-54(46)61)44-30-32-52-56-48(44)22-17-24-50(56)58(65)63(60(52)67)37-40(12-6)20-15-9-3/h16-17,21-34,38-40H,7-15,18-20,35-37H2,1-6H3. The predicted molar refractivity (Wildman–Crippen MR) is 276 cm³/mol. The molecule has 346 valence electrons. The van der Waals surface area contributed by atoms with Crippen molar-refractivity contribution >= 4 is 67.0 Å². The Labute approximate surface area is 396 Å². The Morgan fingerprint density at radius 3 is 1.12 bits per heavy atom. The van der Waals surface area contributed by atoms with Gasteiger partial charge in [0.05, 0.1) is 0 Å². The highest BCUT2D eigenvalue weighted by atomic mass is 16.2. The monoisotopic (exact) mass is 894 g/mol. The highest BCUT2D eigenvalue weighted by Gasteiger charge is 2.36. The molecule has 2 aliphatic rings. The molecule has 3 unspecified atom stereocenters. The molecule has 4 amide bonds. The van der Waals surface area contributed by atoms with Crippen LogP contribution in [0.3, 0.4) is 0 Å². The minimum absolute atomic E-state index is 0.196. The van der Waals surface area contributed by atoms with Crippen LogP contribution in [0.5, 0.6) is 0 Å². The van der Waals surface area contributed by atoms with Gasteiger partial charge in [-0.3, -0.25) is 29.0 Å². The summed E-state index contributed by atoms with van der Waals surface area (Å²) in [7, 11) is 0. The lowest BCUT2D eigenvalue weighted by Gasteiger charge is -2.30. The lowest BCUT2D eigenvalue weighted by atomic mass is 9.88. The van der Waals surface area contributed by atoms with Crippen molar-refractivity contribution in [2.24, 2.45) is 17.8 Å². The molecular weight excluding hydrogens is 827 g/mol. The third-order valence-corrected chi connectivity index (χ3v) is 15.4. The van der Waals surface area contributed by atoms with Gasteiger partial charge in [0, 0.05) is 74.5 Å². The van der Waals surface area contributed by atoms with E-state index in [0.29, 0.717) is 41.3 Å². The number of carbonyl (C=O) groups is 4. The molecule has 7 nitrogen and oxygen atoms in total. The molecule has 0 fully saturated rings. The van der Waals surface area contributed by atoms with Crippen LogP contribution in [0.4, 0.5) is 0 Å². The van der Waals surface area contributed by atoms with Crippen molar-refractivity contribution in [1.82, 2.24) is 14.4 Å². The van der Waals surface area contributed by atoms with Gasteiger partial charge in [0.25, 0.3) is 23.6 Å². The van der Waals surface area contributed by atoms with Crippen molar-refractivity contribution in [2.45, 2.75) is 125 Å². The van der Waals surface area contributed by atoms with Gasteiger partial charge in [-0.1, -0.05) is 160 Å². The fraction of sp³-hybridized carbons (Fsp3) is 0.400. The maximum absolute atomic E-state index is 14.2. The number of amides is 4. The van der Waals surface area contributed by atoms with E-state index in [-0.39, 0.29) is 35.5 Å². The van der Waals surface area contributed by atoms with Crippen molar-refractivity contribution in [1.29, 1.82) is 0 Å². The number of carbonyl (C=O) groups excluding carboxylic acids is 4. The highest BCUT2D eigenvalue weighted by molar-refractivity contribution is 6.28. The topological polar surface area (TPSA) is 79.7 Å². The zero-order valence-electron chi connectivity index (χ0n) is 40.6. The Bertz CT molecular complexity index is 2810. The lowest BCUT2D eigenvalue weighted by Crippen LogP contribution is -2.43. The quantitative estimate of drug-likeness (QED) is 0.0714. The fourth-order valence-electron chi connectivity index (χ4n) is 11.3. The van der Waals surface area contributed by atoms with Crippen LogP contribution in [-0.4, -0.2) is 51.1 Å². The first-order valence-corrected chi connectivity index (χ1v) is 25.6. The van der Waals surface area contributed by atoms with E-state index in [4.69, 9.17) is 0 Å². The van der Waals surface area contributed by atoms with Gasteiger partial charge in [-0.2, -0.15) is 0 Å². The van der Waals surface area contributed by atoms with E-state index in [2.05, 4.69) is 107 Å².